The zero-order valence-corrected chi connectivity index (χ0v) is 17.7. The maximum Gasteiger partial charge on any atom is 0.328 e. The topological polar surface area (TPSA) is 92.0 Å². The first kappa shape index (κ1) is 22.6. The Hall–Kier alpha value is -2.64. The van der Waals surface area contributed by atoms with Gasteiger partial charge in [-0.05, 0) is 58.0 Å². The van der Waals surface area contributed by atoms with E-state index in [0.29, 0.717) is 12.2 Å². The lowest BCUT2D eigenvalue weighted by Crippen LogP contribution is -2.37. The number of benzene rings is 1. The Labute approximate surface area is 171 Å². The molecule has 2 aromatic rings. The van der Waals surface area contributed by atoms with Gasteiger partial charge in [0.1, 0.15) is 5.60 Å². The van der Waals surface area contributed by atoms with E-state index in [1.165, 1.54) is 27.7 Å². The summed E-state index contributed by atoms with van der Waals surface area (Å²) in [6, 6.07) is 6.60. The highest BCUT2D eigenvalue weighted by molar-refractivity contribution is 5.90. The van der Waals surface area contributed by atoms with Crippen LogP contribution in [0.4, 0.5) is 0 Å². The number of ether oxygens (including phenoxy) is 1. The number of carbonyl (C=O) groups is 2. The summed E-state index contributed by atoms with van der Waals surface area (Å²) in [4.78, 5) is 21.3. The largest absolute Gasteiger partial charge is 0.478 e. The number of aliphatic carboxylic acids is 2. The highest BCUT2D eigenvalue weighted by Crippen LogP contribution is 2.41. The molecule has 0 amide bonds. The van der Waals surface area contributed by atoms with Crippen molar-refractivity contribution in [2.24, 2.45) is 7.05 Å². The Morgan fingerprint density at radius 1 is 1.24 bits per heavy atom. The fourth-order valence-electron chi connectivity index (χ4n) is 3.90. The molecule has 2 N–H and O–H groups in total. The van der Waals surface area contributed by atoms with E-state index in [1.807, 2.05) is 0 Å². The van der Waals surface area contributed by atoms with E-state index in [1.54, 1.807) is 0 Å². The molecular formula is C22H30N2O5. The summed E-state index contributed by atoms with van der Waals surface area (Å²) in [6.07, 6.45) is 3.16. The number of fused-ring (bicyclic) bond motifs is 3. The molecule has 1 aliphatic heterocycles. The maximum atomic E-state index is 9.55. The lowest BCUT2D eigenvalue weighted by molar-refractivity contribution is -0.134. The average molecular weight is 402 g/mol. The van der Waals surface area contributed by atoms with Crippen LogP contribution < -0.4 is 0 Å². The fraction of sp³-hybridized carbons (Fsp3) is 0.455. The first-order valence-corrected chi connectivity index (χ1v) is 9.57. The summed E-state index contributed by atoms with van der Waals surface area (Å²) in [7, 11) is 6.43. The molecule has 2 heterocycles. The first-order valence-electron chi connectivity index (χ1n) is 9.57. The van der Waals surface area contributed by atoms with Crippen LogP contribution in [0.2, 0.25) is 0 Å². The van der Waals surface area contributed by atoms with Crippen molar-refractivity contribution < 1.29 is 24.5 Å². The van der Waals surface area contributed by atoms with E-state index in [2.05, 4.69) is 62.7 Å². The van der Waals surface area contributed by atoms with Crippen molar-refractivity contribution in [3.63, 3.8) is 0 Å². The predicted molar refractivity (Wildman–Crippen MR) is 112 cm³/mol. The molecule has 1 aromatic carbocycles. The van der Waals surface area contributed by atoms with Crippen LogP contribution in [0.15, 0.2) is 30.4 Å². The fourth-order valence-corrected chi connectivity index (χ4v) is 3.90. The van der Waals surface area contributed by atoms with Gasteiger partial charge in [0, 0.05) is 36.6 Å². The number of aryl methyl sites for hydroxylation is 2. The van der Waals surface area contributed by atoms with Gasteiger partial charge in [-0.25, -0.2) is 9.59 Å². The molecule has 29 heavy (non-hydrogen) atoms. The van der Waals surface area contributed by atoms with E-state index >= 15 is 0 Å². The third-order valence-electron chi connectivity index (χ3n) is 5.21. The second-order valence-electron chi connectivity index (χ2n) is 7.75. The van der Waals surface area contributed by atoms with Crippen molar-refractivity contribution in [1.29, 1.82) is 0 Å². The first-order chi connectivity index (χ1) is 13.6. The molecule has 0 radical (unpaired) electrons. The normalized spacial score (nSPS) is 18.6. The van der Waals surface area contributed by atoms with Crippen molar-refractivity contribution in [1.82, 2.24) is 9.47 Å². The zero-order valence-electron chi connectivity index (χ0n) is 17.7. The molecule has 1 atom stereocenters. The predicted octanol–water partition coefficient (Wildman–Crippen LogP) is 2.94. The van der Waals surface area contributed by atoms with Crippen LogP contribution in [0.1, 0.15) is 30.2 Å². The number of carboxylic acids is 2. The van der Waals surface area contributed by atoms with Gasteiger partial charge in [0.05, 0.1) is 12.3 Å². The van der Waals surface area contributed by atoms with Gasteiger partial charge in [0.25, 0.3) is 0 Å². The van der Waals surface area contributed by atoms with E-state index < -0.39 is 11.9 Å². The third-order valence-corrected chi connectivity index (χ3v) is 5.21. The van der Waals surface area contributed by atoms with Gasteiger partial charge in [-0.15, -0.1) is 0 Å². The van der Waals surface area contributed by atoms with Crippen LogP contribution >= 0.6 is 0 Å². The van der Waals surface area contributed by atoms with E-state index in [4.69, 9.17) is 14.9 Å². The van der Waals surface area contributed by atoms with Crippen LogP contribution in [0.5, 0.6) is 0 Å². The summed E-state index contributed by atoms with van der Waals surface area (Å²) in [5.41, 5.74) is 5.40. The van der Waals surface area contributed by atoms with Crippen molar-refractivity contribution >= 4 is 22.8 Å². The van der Waals surface area contributed by atoms with Gasteiger partial charge < -0.3 is 24.4 Å². The SMILES string of the molecule is Cc1cccc2c1c1c(n2C)C(C)(CCN(C)C)OCC1.O=C(O)/C=C/C(=O)O. The maximum absolute atomic E-state index is 9.55. The summed E-state index contributed by atoms with van der Waals surface area (Å²) >= 11 is 0. The number of hydrogen-bond acceptors (Lipinski definition) is 4. The molecule has 0 bridgehead atoms. The van der Waals surface area contributed by atoms with Crippen LogP contribution in [0.25, 0.3) is 10.9 Å². The lowest BCUT2D eigenvalue weighted by Gasteiger charge is -2.36. The molecule has 0 aliphatic carbocycles. The minimum atomic E-state index is -1.26. The Morgan fingerprint density at radius 2 is 1.86 bits per heavy atom. The molecule has 0 fully saturated rings. The quantitative estimate of drug-likeness (QED) is 0.747. The van der Waals surface area contributed by atoms with E-state index in [9.17, 15) is 9.59 Å². The average Bonchev–Trinajstić information content (AvgIpc) is 2.94. The highest BCUT2D eigenvalue weighted by Gasteiger charge is 2.37. The van der Waals surface area contributed by atoms with Crippen molar-refractivity contribution in [3.8, 4) is 0 Å². The highest BCUT2D eigenvalue weighted by atomic mass is 16.5. The van der Waals surface area contributed by atoms with Gasteiger partial charge >= 0.3 is 11.9 Å². The number of rotatable bonds is 5. The molecule has 158 valence electrons. The molecular weight excluding hydrogens is 372 g/mol. The van der Waals surface area contributed by atoms with Gasteiger partial charge in [0.15, 0.2) is 0 Å². The minimum absolute atomic E-state index is 0.182. The molecule has 7 nitrogen and oxygen atoms in total. The second kappa shape index (κ2) is 9.24. The molecule has 1 aliphatic rings. The molecule has 0 spiro atoms. The van der Waals surface area contributed by atoms with Crippen LogP contribution in [-0.2, 0) is 33.4 Å². The Balaban J connectivity index is 0.000000321. The van der Waals surface area contributed by atoms with Crippen LogP contribution in [0.3, 0.4) is 0 Å². The molecule has 0 saturated heterocycles. The van der Waals surface area contributed by atoms with Crippen LogP contribution in [0, 0.1) is 6.92 Å². The molecule has 1 aromatic heterocycles. The summed E-state index contributed by atoms with van der Waals surface area (Å²) in [6.45, 7) is 6.33. The number of carboxylic acid groups (broad SMARTS) is 2. The summed E-state index contributed by atoms with van der Waals surface area (Å²) in [5.74, 6) is -2.51. The Kier molecular flexibility index (Phi) is 7.21. The van der Waals surface area contributed by atoms with Gasteiger partial charge in [-0.3, -0.25) is 0 Å². The third kappa shape index (κ3) is 5.25. The van der Waals surface area contributed by atoms with Crippen LogP contribution in [-0.4, -0.2) is 58.9 Å². The molecule has 3 rings (SSSR count). The van der Waals surface area contributed by atoms with Gasteiger partial charge in [0.2, 0.25) is 0 Å². The van der Waals surface area contributed by atoms with Crippen molar-refractivity contribution in [2.45, 2.75) is 32.3 Å². The zero-order chi connectivity index (χ0) is 21.8. The monoisotopic (exact) mass is 402 g/mol. The lowest BCUT2D eigenvalue weighted by atomic mass is 9.89. The minimum Gasteiger partial charge on any atom is -0.478 e. The van der Waals surface area contributed by atoms with E-state index in [0.717, 1.165) is 26.0 Å². The smallest absolute Gasteiger partial charge is 0.328 e. The van der Waals surface area contributed by atoms with E-state index in [-0.39, 0.29) is 5.60 Å². The summed E-state index contributed by atoms with van der Waals surface area (Å²) < 4.78 is 8.60. The second-order valence-corrected chi connectivity index (χ2v) is 7.75. The summed E-state index contributed by atoms with van der Waals surface area (Å²) in [5, 5.41) is 17.1. The number of hydrogen-bond donors (Lipinski definition) is 2. The number of nitrogens with zero attached hydrogens (tertiary/aromatic N) is 2. The van der Waals surface area contributed by atoms with Gasteiger partial charge in [-0.1, -0.05) is 12.1 Å². The van der Waals surface area contributed by atoms with Crippen molar-refractivity contribution in [3.05, 3.63) is 47.2 Å². The molecule has 0 saturated carbocycles. The van der Waals surface area contributed by atoms with Gasteiger partial charge in [-0.2, -0.15) is 0 Å². The Bertz CT molecular complexity index is 913. The number of aromatic nitrogens is 1. The van der Waals surface area contributed by atoms with Crippen molar-refractivity contribution in [2.75, 3.05) is 27.2 Å². The standard InChI is InChI=1S/C18H26N2O.C4H4O4/c1-13-7-6-8-15-16(13)14-9-12-21-18(2,10-11-19(3)4)17(14)20(15)5;5-3(6)1-2-4(7)8/h6-8H,9-12H2,1-5H3;1-2H,(H,5,6)(H,7,8)/b;2-1+. The molecule has 1 unspecified atom stereocenters. The Morgan fingerprint density at radius 3 is 2.41 bits per heavy atom. The molecule has 7 heteroatoms.